The summed E-state index contributed by atoms with van der Waals surface area (Å²) in [7, 11) is -2.22. The van der Waals surface area contributed by atoms with Crippen LogP contribution in [0.25, 0.3) is 0 Å². The molecule has 8 nitrogen and oxygen atoms in total. The van der Waals surface area contributed by atoms with Crippen LogP contribution in [0.3, 0.4) is 0 Å². The van der Waals surface area contributed by atoms with E-state index in [9.17, 15) is 13.2 Å². The standard InChI is InChI=1S/C20H22N2O6S/c1-20(2)12-28-16-6-4-13(10-15(16)22(3)19(20)23)21-29(24,25)14-5-7-17-18(11-14)27-9-8-26-17/h4-7,10-11,21H,8-9,12H2,1-3H3. The summed E-state index contributed by atoms with van der Waals surface area (Å²) >= 11 is 0. The number of rotatable bonds is 3. The molecule has 1 N–H and O–H groups in total. The first-order valence-corrected chi connectivity index (χ1v) is 10.6. The monoisotopic (exact) mass is 418 g/mol. The largest absolute Gasteiger partial charge is 0.490 e. The maximum absolute atomic E-state index is 12.9. The number of fused-ring (bicyclic) bond motifs is 2. The first-order valence-electron chi connectivity index (χ1n) is 9.15. The van der Waals surface area contributed by atoms with Gasteiger partial charge in [-0.15, -0.1) is 0 Å². The van der Waals surface area contributed by atoms with E-state index in [4.69, 9.17) is 14.2 Å². The van der Waals surface area contributed by atoms with Gasteiger partial charge >= 0.3 is 0 Å². The second-order valence-corrected chi connectivity index (χ2v) is 9.31. The number of nitrogens with zero attached hydrogens (tertiary/aromatic N) is 1. The molecule has 2 heterocycles. The number of anilines is 2. The molecule has 0 fully saturated rings. The highest BCUT2D eigenvalue weighted by atomic mass is 32.2. The zero-order valence-corrected chi connectivity index (χ0v) is 17.2. The third-order valence-corrected chi connectivity index (χ3v) is 6.25. The Morgan fingerprint density at radius 2 is 1.66 bits per heavy atom. The van der Waals surface area contributed by atoms with Gasteiger partial charge in [-0.05, 0) is 44.2 Å². The molecule has 2 aromatic rings. The Morgan fingerprint density at radius 1 is 0.966 bits per heavy atom. The SMILES string of the molecule is CN1C(=O)C(C)(C)COc2ccc(NS(=O)(=O)c3ccc4c(c3)OCCO4)cc21. The minimum absolute atomic E-state index is 0.0542. The van der Waals surface area contributed by atoms with Crippen molar-refractivity contribution in [3.05, 3.63) is 36.4 Å². The Balaban J connectivity index is 1.64. The number of ether oxygens (including phenoxy) is 3. The molecule has 0 aliphatic carbocycles. The summed E-state index contributed by atoms with van der Waals surface area (Å²) in [4.78, 5) is 14.2. The minimum Gasteiger partial charge on any atom is -0.490 e. The van der Waals surface area contributed by atoms with E-state index in [1.165, 1.54) is 17.0 Å². The number of carbonyl (C=O) groups is 1. The number of nitrogens with one attached hydrogen (secondary N) is 1. The van der Waals surface area contributed by atoms with Crippen molar-refractivity contribution in [1.29, 1.82) is 0 Å². The van der Waals surface area contributed by atoms with Crippen LogP contribution in [0.15, 0.2) is 41.3 Å². The Morgan fingerprint density at radius 3 is 2.41 bits per heavy atom. The average Bonchev–Trinajstić information content (AvgIpc) is 2.78. The maximum atomic E-state index is 12.9. The summed E-state index contributed by atoms with van der Waals surface area (Å²) < 4.78 is 44.9. The van der Waals surface area contributed by atoms with Crippen LogP contribution in [0.2, 0.25) is 0 Å². The molecular formula is C20H22N2O6S. The molecule has 29 heavy (non-hydrogen) atoms. The molecular weight excluding hydrogens is 396 g/mol. The van der Waals surface area contributed by atoms with Crippen molar-refractivity contribution in [3.8, 4) is 17.2 Å². The number of carbonyl (C=O) groups excluding carboxylic acids is 1. The fourth-order valence-electron chi connectivity index (χ4n) is 3.25. The number of hydrogen-bond acceptors (Lipinski definition) is 6. The molecule has 0 atom stereocenters. The first-order chi connectivity index (χ1) is 13.7. The molecule has 0 spiro atoms. The van der Waals surface area contributed by atoms with Crippen LogP contribution in [-0.4, -0.2) is 41.2 Å². The third kappa shape index (κ3) is 3.57. The Kier molecular flexibility index (Phi) is 4.57. The third-order valence-electron chi connectivity index (χ3n) is 4.87. The summed E-state index contributed by atoms with van der Waals surface area (Å²) in [5, 5.41) is 0. The van der Waals surface area contributed by atoms with Crippen molar-refractivity contribution in [2.24, 2.45) is 5.41 Å². The molecule has 0 radical (unpaired) electrons. The van der Waals surface area contributed by atoms with Crippen molar-refractivity contribution in [2.45, 2.75) is 18.7 Å². The van der Waals surface area contributed by atoms with Crippen LogP contribution in [0.4, 0.5) is 11.4 Å². The van der Waals surface area contributed by atoms with Gasteiger partial charge in [0.05, 0.1) is 21.7 Å². The highest BCUT2D eigenvalue weighted by Crippen LogP contribution is 2.38. The van der Waals surface area contributed by atoms with Gasteiger partial charge in [0.1, 0.15) is 25.6 Å². The number of amides is 1. The molecule has 0 unspecified atom stereocenters. The van der Waals surface area contributed by atoms with Crippen molar-refractivity contribution in [2.75, 3.05) is 36.5 Å². The summed E-state index contributed by atoms with van der Waals surface area (Å²) in [5.41, 5.74) is 0.142. The number of sulfonamides is 1. The number of hydrogen-bond donors (Lipinski definition) is 1. The lowest BCUT2D eigenvalue weighted by Gasteiger charge is -2.24. The molecule has 2 aromatic carbocycles. The van der Waals surface area contributed by atoms with Crippen LogP contribution in [-0.2, 0) is 14.8 Å². The highest BCUT2D eigenvalue weighted by molar-refractivity contribution is 7.92. The van der Waals surface area contributed by atoms with E-state index in [-0.39, 0.29) is 17.4 Å². The van der Waals surface area contributed by atoms with E-state index in [0.29, 0.717) is 41.8 Å². The Bertz CT molecular complexity index is 1080. The van der Waals surface area contributed by atoms with Gasteiger partial charge in [0.15, 0.2) is 11.5 Å². The molecule has 0 saturated carbocycles. The lowest BCUT2D eigenvalue weighted by atomic mass is 9.93. The van der Waals surface area contributed by atoms with E-state index < -0.39 is 15.4 Å². The van der Waals surface area contributed by atoms with E-state index >= 15 is 0 Å². The molecule has 4 rings (SSSR count). The molecule has 2 aliphatic heterocycles. The molecule has 0 saturated heterocycles. The average molecular weight is 418 g/mol. The zero-order chi connectivity index (χ0) is 20.8. The molecule has 154 valence electrons. The van der Waals surface area contributed by atoms with Gasteiger partial charge in [-0.2, -0.15) is 0 Å². The molecule has 2 aliphatic rings. The topological polar surface area (TPSA) is 94.2 Å². The smallest absolute Gasteiger partial charge is 0.262 e. The minimum atomic E-state index is -3.87. The fourth-order valence-corrected chi connectivity index (χ4v) is 4.32. The number of benzene rings is 2. The first kappa shape index (κ1) is 19.4. The summed E-state index contributed by atoms with van der Waals surface area (Å²) in [5.74, 6) is 1.32. The summed E-state index contributed by atoms with van der Waals surface area (Å²) in [6.07, 6.45) is 0. The van der Waals surface area contributed by atoms with Crippen LogP contribution < -0.4 is 23.8 Å². The molecule has 1 amide bonds. The zero-order valence-electron chi connectivity index (χ0n) is 16.4. The van der Waals surface area contributed by atoms with E-state index in [1.807, 2.05) is 13.8 Å². The van der Waals surface area contributed by atoms with E-state index in [1.54, 1.807) is 31.3 Å². The fraction of sp³-hybridized carbons (Fsp3) is 0.350. The summed E-state index contributed by atoms with van der Waals surface area (Å²) in [6.45, 7) is 4.65. The van der Waals surface area contributed by atoms with E-state index in [2.05, 4.69) is 4.72 Å². The van der Waals surface area contributed by atoms with Crippen LogP contribution in [0.1, 0.15) is 13.8 Å². The van der Waals surface area contributed by atoms with Gasteiger partial charge in [-0.3, -0.25) is 9.52 Å². The Hall–Kier alpha value is -2.94. The van der Waals surface area contributed by atoms with Gasteiger partial charge in [0, 0.05) is 13.1 Å². The van der Waals surface area contributed by atoms with E-state index in [0.717, 1.165) is 0 Å². The lowest BCUT2D eigenvalue weighted by molar-refractivity contribution is -0.127. The second-order valence-electron chi connectivity index (χ2n) is 7.63. The quantitative estimate of drug-likeness (QED) is 0.824. The van der Waals surface area contributed by atoms with Crippen molar-refractivity contribution < 1.29 is 27.4 Å². The van der Waals surface area contributed by atoms with Gasteiger partial charge < -0.3 is 19.1 Å². The molecule has 9 heteroatoms. The Labute approximate surface area is 169 Å². The van der Waals surface area contributed by atoms with Crippen molar-refractivity contribution in [1.82, 2.24) is 0 Å². The summed E-state index contributed by atoms with van der Waals surface area (Å²) in [6, 6.07) is 9.31. The van der Waals surface area contributed by atoms with Gasteiger partial charge in [-0.25, -0.2) is 8.42 Å². The maximum Gasteiger partial charge on any atom is 0.262 e. The van der Waals surface area contributed by atoms with Gasteiger partial charge in [-0.1, -0.05) is 0 Å². The van der Waals surface area contributed by atoms with Crippen LogP contribution >= 0.6 is 0 Å². The van der Waals surface area contributed by atoms with Crippen molar-refractivity contribution >= 4 is 27.3 Å². The van der Waals surface area contributed by atoms with Crippen LogP contribution in [0, 0.1) is 5.41 Å². The molecule has 0 bridgehead atoms. The highest BCUT2D eigenvalue weighted by Gasteiger charge is 2.36. The van der Waals surface area contributed by atoms with Crippen LogP contribution in [0.5, 0.6) is 17.2 Å². The normalized spacial score (nSPS) is 17.8. The molecule has 0 aromatic heterocycles. The van der Waals surface area contributed by atoms with Gasteiger partial charge in [0.25, 0.3) is 10.0 Å². The van der Waals surface area contributed by atoms with Gasteiger partial charge in [0.2, 0.25) is 5.91 Å². The van der Waals surface area contributed by atoms with Crippen molar-refractivity contribution in [3.63, 3.8) is 0 Å². The predicted octanol–water partition coefficient (Wildman–Crippen LogP) is 2.64. The second kappa shape index (κ2) is 6.84. The lowest BCUT2D eigenvalue weighted by Crippen LogP contribution is -2.39. The predicted molar refractivity (Wildman–Crippen MR) is 107 cm³/mol.